The smallest absolute Gasteiger partial charge is 0.269 e. The first-order chi connectivity index (χ1) is 12.0. The van der Waals surface area contributed by atoms with Crippen molar-refractivity contribution in [3.05, 3.63) is 73.8 Å². The quantitative estimate of drug-likeness (QED) is 0.429. The highest BCUT2D eigenvalue weighted by molar-refractivity contribution is 7.99. The summed E-state index contributed by atoms with van der Waals surface area (Å²) in [4.78, 5) is 21.8. The van der Waals surface area contributed by atoms with E-state index in [1.54, 1.807) is 30.3 Å². The molecule has 25 heavy (non-hydrogen) atoms. The van der Waals surface area contributed by atoms with Gasteiger partial charge in [0, 0.05) is 27.9 Å². The Morgan fingerprint density at radius 3 is 2.44 bits per heavy atom. The van der Waals surface area contributed by atoms with Crippen LogP contribution in [-0.2, 0) is 10.5 Å². The molecule has 1 N–H and O–H groups in total. The van der Waals surface area contributed by atoms with Gasteiger partial charge in [-0.1, -0.05) is 29.3 Å². The number of nitro groups is 1. The van der Waals surface area contributed by atoms with Crippen LogP contribution in [0.3, 0.4) is 0 Å². The van der Waals surface area contributed by atoms with E-state index in [0.29, 0.717) is 21.4 Å². The topological polar surface area (TPSA) is 84.6 Å². The van der Waals surface area contributed by atoms with Gasteiger partial charge in [0.2, 0.25) is 5.91 Å². The minimum Gasteiger partial charge on any atom is -0.272 e. The summed E-state index contributed by atoms with van der Waals surface area (Å²) in [6.45, 7) is 0. The number of hydrazone groups is 1. The molecule has 6 nitrogen and oxygen atoms in total. The molecule has 2 aromatic rings. The van der Waals surface area contributed by atoms with Gasteiger partial charge in [-0.3, -0.25) is 14.9 Å². The van der Waals surface area contributed by atoms with E-state index in [4.69, 9.17) is 23.2 Å². The van der Waals surface area contributed by atoms with Gasteiger partial charge >= 0.3 is 0 Å². The Bertz CT molecular complexity index is 777. The molecule has 130 valence electrons. The van der Waals surface area contributed by atoms with Gasteiger partial charge in [0.15, 0.2) is 0 Å². The van der Waals surface area contributed by atoms with E-state index in [2.05, 4.69) is 10.5 Å². The molecule has 0 aliphatic rings. The summed E-state index contributed by atoms with van der Waals surface area (Å²) in [6, 6.07) is 11.1. The molecule has 2 aromatic carbocycles. The third-order valence-electron chi connectivity index (χ3n) is 3.05. The summed E-state index contributed by atoms with van der Waals surface area (Å²) < 4.78 is 0. The normalized spacial score (nSPS) is 10.8. The average Bonchev–Trinajstić information content (AvgIpc) is 2.58. The second-order valence-electron chi connectivity index (χ2n) is 4.83. The molecule has 0 saturated carbocycles. The van der Waals surface area contributed by atoms with Gasteiger partial charge < -0.3 is 0 Å². The summed E-state index contributed by atoms with van der Waals surface area (Å²) in [6.07, 6.45) is 1.41. The van der Waals surface area contributed by atoms with Crippen LogP contribution in [0.5, 0.6) is 0 Å². The molecule has 9 heteroatoms. The van der Waals surface area contributed by atoms with E-state index in [-0.39, 0.29) is 17.3 Å². The largest absolute Gasteiger partial charge is 0.272 e. The maximum atomic E-state index is 11.7. The SMILES string of the molecule is O=C(CSCc1c(Cl)cccc1Cl)N/N=C\c1ccc([N+](=O)[O-])cc1. The number of benzene rings is 2. The Labute approximate surface area is 158 Å². The predicted octanol–water partition coefficient (Wildman–Crippen LogP) is 4.29. The number of hydrogen-bond acceptors (Lipinski definition) is 5. The number of amides is 1. The molecule has 0 unspecified atom stereocenters. The predicted molar refractivity (Wildman–Crippen MR) is 101 cm³/mol. The minimum atomic E-state index is -0.481. The first-order valence-corrected chi connectivity index (χ1v) is 8.95. The molecule has 0 saturated heterocycles. The van der Waals surface area contributed by atoms with Crippen molar-refractivity contribution in [2.24, 2.45) is 5.10 Å². The summed E-state index contributed by atoms with van der Waals surface area (Å²) >= 11 is 13.5. The Hall–Kier alpha value is -2.09. The van der Waals surface area contributed by atoms with Gasteiger partial charge in [-0.25, -0.2) is 5.43 Å². The molecule has 0 atom stereocenters. The molecule has 1 amide bonds. The third-order valence-corrected chi connectivity index (χ3v) is 4.72. The highest BCUT2D eigenvalue weighted by Gasteiger charge is 2.07. The Balaban J connectivity index is 1.78. The zero-order valence-corrected chi connectivity index (χ0v) is 15.1. The van der Waals surface area contributed by atoms with Crippen LogP contribution < -0.4 is 5.43 Å². The van der Waals surface area contributed by atoms with Crippen molar-refractivity contribution in [1.82, 2.24) is 5.43 Å². The van der Waals surface area contributed by atoms with Crippen molar-refractivity contribution in [3.63, 3.8) is 0 Å². The van der Waals surface area contributed by atoms with Gasteiger partial charge in [0.05, 0.1) is 16.9 Å². The summed E-state index contributed by atoms with van der Waals surface area (Å²) in [7, 11) is 0. The Morgan fingerprint density at radius 2 is 1.84 bits per heavy atom. The summed E-state index contributed by atoms with van der Waals surface area (Å²) in [5, 5.41) is 15.5. The van der Waals surface area contributed by atoms with Gasteiger partial charge in [0.25, 0.3) is 5.69 Å². The first-order valence-electron chi connectivity index (χ1n) is 7.04. The molecular formula is C16H13Cl2N3O3S. The monoisotopic (exact) mass is 397 g/mol. The zero-order chi connectivity index (χ0) is 18.2. The fourth-order valence-corrected chi connectivity index (χ4v) is 3.37. The maximum Gasteiger partial charge on any atom is 0.269 e. The van der Waals surface area contributed by atoms with Gasteiger partial charge in [0.1, 0.15) is 0 Å². The molecule has 0 aliphatic carbocycles. The third kappa shape index (κ3) is 6.04. The van der Waals surface area contributed by atoms with Crippen molar-refractivity contribution in [3.8, 4) is 0 Å². The number of halogens is 2. The number of nitrogens with one attached hydrogen (secondary N) is 1. The molecule has 0 fully saturated rings. The molecule has 0 bridgehead atoms. The first kappa shape index (κ1) is 19.2. The van der Waals surface area contributed by atoms with Crippen molar-refractivity contribution < 1.29 is 9.72 Å². The molecular weight excluding hydrogens is 385 g/mol. The summed E-state index contributed by atoms with van der Waals surface area (Å²) in [5.41, 5.74) is 3.82. The average molecular weight is 398 g/mol. The van der Waals surface area contributed by atoms with E-state index in [0.717, 1.165) is 5.56 Å². The van der Waals surface area contributed by atoms with E-state index in [1.807, 2.05) is 0 Å². The van der Waals surface area contributed by atoms with Crippen LogP contribution >= 0.6 is 35.0 Å². The highest BCUT2D eigenvalue weighted by atomic mass is 35.5. The zero-order valence-electron chi connectivity index (χ0n) is 12.8. The van der Waals surface area contributed by atoms with Crippen molar-refractivity contribution in [2.75, 3.05) is 5.75 Å². The molecule has 0 aliphatic heterocycles. The van der Waals surface area contributed by atoms with Crippen LogP contribution in [0, 0.1) is 10.1 Å². The second-order valence-corrected chi connectivity index (χ2v) is 6.63. The second kappa shape index (κ2) is 9.41. The minimum absolute atomic E-state index is 0.00387. The molecule has 0 aromatic heterocycles. The summed E-state index contributed by atoms with van der Waals surface area (Å²) in [5.74, 6) is 0.434. The molecule has 0 radical (unpaired) electrons. The van der Waals surface area contributed by atoms with Gasteiger partial charge in [-0.05, 0) is 35.4 Å². The van der Waals surface area contributed by atoms with Crippen LogP contribution in [-0.4, -0.2) is 22.8 Å². The lowest BCUT2D eigenvalue weighted by Crippen LogP contribution is -2.19. The van der Waals surface area contributed by atoms with E-state index in [9.17, 15) is 14.9 Å². The maximum absolute atomic E-state index is 11.7. The standard InChI is InChI=1S/C16H13Cl2N3O3S/c17-14-2-1-3-15(18)13(14)9-25-10-16(22)20-19-8-11-4-6-12(7-5-11)21(23)24/h1-8H,9-10H2,(H,20,22)/b19-8-. The van der Waals surface area contributed by atoms with Crippen LogP contribution in [0.2, 0.25) is 10.0 Å². The van der Waals surface area contributed by atoms with E-state index in [1.165, 1.54) is 30.1 Å². The number of hydrogen-bond donors (Lipinski definition) is 1. The molecule has 0 heterocycles. The number of nitrogens with zero attached hydrogens (tertiary/aromatic N) is 2. The van der Waals surface area contributed by atoms with Crippen LogP contribution in [0.15, 0.2) is 47.6 Å². The van der Waals surface area contributed by atoms with Crippen LogP contribution in [0.1, 0.15) is 11.1 Å². The molecule has 2 rings (SSSR count). The van der Waals surface area contributed by atoms with Crippen molar-refractivity contribution >= 4 is 52.8 Å². The lowest BCUT2D eigenvalue weighted by molar-refractivity contribution is -0.384. The highest BCUT2D eigenvalue weighted by Crippen LogP contribution is 2.28. The molecule has 0 spiro atoms. The van der Waals surface area contributed by atoms with Crippen molar-refractivity contribution in [1.29, 1.82) is 0 Å². The number of non-ortho nitro benzene ring substituents is 1. The van der Waals surface area contributed by atoms with Gasteiger partial charge in [-0.15, -0.1) is 11.8 Å². The number of rotatable bonds is 7. The fraction of sp³-hybridized carbons (Fsp3) is 0.125. The number of thioether (sulfide) groups is 1. The van der Waals surface area contributed by atoms with Crippen molar-refractivity contribution in [2.45, 2.75) is 5.75 Å². The number of carbonyl (C=O) groups is 1. The number of nitro benzene ring substituents is 1. The lowest BCUT2D eigenvalue weighted by atomic mass is 10.2. The fourth-order valence-electron chi connectivity index (χ4n) is 1.81. The van der Waals surface area contributed by atoms with Crippen LogP contribution in [0.25, 0.3) is 0 Å². The Morgan fingerprint density at radius 1 is 1.20 bits per heavy atom. The van der Waals surface area contributed by atoms with Gasteiger partial charge in [-0.2, -0.15) is 5.10 Å². The van der Waals surface area contributed by atoms with E-state index < -0.39 is 4.92 Å². The van der Waals surface area contributed by atoms with Crippen LogP contribution in [0.4, 0.5) is 5.69 Å². The Kier molecular flexibility index (Phi) is 7.24. The van der Waals surface area contributed by atoms with E-state index >= 15 is 0 Å². The lowest BCUT2D eigenvalue weighted by Gasteiger charge is -2.06. The number of carbonyl (C=O) groups excluding carboxylic acids is 1.